The first-order valence-corrected chi connectivity index (χ1v) is 4.58. The Hall–Kier alpha value is -0.830. The van der Waals surface area contributed by atoms with Crippen LogP contribution >= 0.6 is 0 Å². The highest BCUT2D eigenvalue weighted by Crippen LogP contribution is 2.18. The number of hydrogen-bond acceptors (Lipinski definition) is 2. The summed E-state index contributed by atoms with van der Waals surface area (Å²) in [6.45, 7) is 3.03. The maximum Gasteiger partial charge on any atom is 0.0519 e. The van der Waals surface area contributed by atoms with Gasteiger partial charge in [0.1, 0.15) is 0 Å². The quantitative estimate of drug-likeness (QED) is 0.710. The highest BCUT2D eigenvalue weighted by Gasteiger charge is 2.16. The number of aromatic nitrogens is 2. The third kappa shape index (κ3) is 1.50. The van der Waals surface area contributed by atoms with E-state index in [1.54, 1.807) is 0 Å². The van der Waals surface area contributed by atoms with Crippen molar-refractivity contribution < 1.29 is 0 Å². The Bertz CT molecular complexity index is 250. The maximum atomic E-state index is 3.98. The van der Waals surface area contributed by atoms with E-state index in [1.807, 2.05) is 6.20 Å². The molecule has 0 radical (unpaired) electrons. The van der Waals surface area contributed by atoms with Crippen LogP contribution in [0.15, 0.2) is 6.20 Å². The number of aromatic amines is 1. The molecule has 66 valence electrons. The largest absolute Gasteiger partial charge is 0.308 e. The molecule has 0 aliphatic heterocycles. The maximum absolute atomic E-state index is 3.98. The van der Waals surface area contributed by atoms with Gasteiger partial charge in [-0.05, 0) is 25.3 Å². The van der Waals surface area contributed by atoms with Crippen molar-refractivity contribution in [3.8, 4) is 0 Å². The van der Waals surface area contributed by atoms with Gasteiger partial charge in [-0.1, -0.05) is 6.42 Å². The Labute approximate surface area is 72.6 Å². The minimum Gasteiger partial charge on any atom is -0.308 e. The molecule has 2 N–H and O–H groups in total. The first-order valence-electron chi connectivity index (χ1n) is 4.58. The molecule has 12 heavy (non-hydrogen) atoms. The van der Waals surface area contributed by atoms with Crippen LogP contribution in [0.1, 0.15) is 30.5 Å². The van der Waals surface area contributed by atoms with Gasteiger partial charge in [0.25, 0.3) is 0 Å². The third-order valence-electron chi connectivity index (χ3n) is 2.61. The first kappa shape index (κ1) is 7.80. The molecule has 1 fully saturated rings. The van der Waals surface area contributed by atoms with E-state index in [2.05, 4.69) is 22.4 Å². The summed E-state index contributed by atoms with van der Waals surface area (Å²) >= 11 is 0. The van der Waals surface area contributed by atoms with E-state index in [9.17, 15) is 0 Å². The molecule has 1 aliphatic carbocycles. The van der Waals surface area contributed by atoms with Gasteiger partial charge in [0.05, 0.1) is 11.9 Å². The fourth-order valence-corrected chi connectivity index (χ4v) is 1.41. The van der Waals surface area contributed by atoms with Gasteiger partial charge in [-0.15, -0.1) is 0 Å². The van der Waals surface area contributed by atoms with Crippen molar-refractivity contribution in [2.45, 2.75) is 38.8 Å². The Balaban J connectivity index is 1.82. The van der Waals surface area contributed by atoms with Crippen molar-refractivity contribution >= 4 is 0 Å². The average Bonchev–Trinajstić information content (AvgIpc) is 2.33. The number of nitrogens with zero attached hydrogens (tertiary/aromatic N) is 1. The predicted molar refractivity (Wildman–Crippen MR) is 47.8 cm³/mol. The highest BCUT2D eigenvalue weighted by molar-refractivity contribution is 5.13. The van der Waals surface area contributed by atoms with Crippen molar-refractivity contribution in [1.29, 1.82) is 0 Å². The predicted octanol–water partition coefficient (Wildman–Crippen LogP) is 1.36. The van der Waals surface area contributed by atoms with Gasteiger partial charge in [0, 0.05) is 12.6 Å². The lowest BCUT2D eigenvalue weighted by Gasteiger charge is -2.26. The molecule has 1 aliphatic rings. The molecule has 3 heteroatoms. The van der Waals surface area contributed by atoms with Crippen LogP contribution in [0, 0.1) is 6.92 Å². The topological polar surface area (TPSA) is 40.7 Å². The fourth-order valence-electron chi connectivity index (χ4n) is 1.41. The summed E-state index contributed by atoms with van der Waals surface area (Å²) in [6.07, 6.45) is 5.94. The van der Waals surface area contributed by atoms with Crippen LogP contribution in [0.25, 0.3) is 0 Å². The Morgan fingerprint density at radius 3 is 3.00 bits per heavy atom. The minimum atomic E-state index is 0.757. The summed E-state index contributed by atoms with van der Waals surface area (Å²) in [5.74, 6) is 0. The van der Waals surface area contributed by atoms with Gasteiger partial charge in [0.2, 0.25) is 0 Å². The molecule has 0 aromatic carbocycles. The molecular formula is C9H15N3. The highest BCUT2D eigenvalue weighted by atomic mass is 15.1. The molecule has 0 saturated heterocycles. The number of hydrogen-bond donors (Lipinski definition) is 2. The lowest BCUT2D eigenvalue weighted by atomic mass is 9.93. The van der Waals surface area contributed by atoms with Crippen LogP contribution in [-0.2, 0) is 6.54 Å². The molecule has 0 amide bonds. The van der Waals surface area contributed by atoms with E-state index < -0.39 is 0 Å². The molecule has 1 aromatic rings. The van der Waals surface area contributed by atoms with Crippen molar-refractivity contribution in [2.75, 3.05) is 0 Å². The molecular weight excluding hydrogens is 150 g/mol. The summed E-state index contributed by atoms with van der Waals surface area (Å²) in [4.78, 5) is 0. The summed E-state index contributed by atoms with van der Waals surface area (Å²) < 4.78 is 0. The van der Waals surface area contributed by atoms with E-state index in [0.717, 1.165) is 12.6 Å². The standard InChI is InChI=1S/C9H15N3/c1-7-5-11-12-9(7)6-10-8-3-2-4-8/h5,8,10H,2-4,6H2,1H3,(H,11,12). The van der Waals surface area contributed by atoms with Crippen LogP contribution in [0.5, 0.6) is 0 Å². The summed E-state index contributed by atoms with van der Waals surface area (Å²) in [5, 5.41) is 10.5. The van der Waals surface area contributed by atoms with Crippen molar-refractivity contribution in [2.24, 2.45) is 0 Å². The molecule has 1 heterocycles. The minimum absolute atomic E-state index is 0.757. The van der Waals surface area contributed by atoms with Crippen LogP contribution in [-0.4, -0.2) is 16.2 Å². The Morgan fingerprint density at radius 1 is 1.67 bits per heavy atom. The zero-order valence-corrected chi connectivity index (χ0v) is 7.43. The van der Waals surface area contributed by atoms with Crippen LogP contribution in [0.2, 0.25) is 0 Å². The van der Waals surface area contributed by atoms with Crippen LogP contribution in [0.4, 0.5) is 0 Å². The first-order chi connectivity index (χ1) is 5.86. The molecule has 2 rings (SSSR count). The molecule has 3 nitrogen and oxygen atoms in total. The zero-order valence-electron chi connectivity index (χ0n) is 7.43. The van der Waals surface area contributed by atoms with Gasteiger partial charge in [-0.3, -0.25) is 5.10 Å². The van der Waals surface area contributed by atoms with E-state index >= 15 is 0 Å². The second kappa shape index (κ2) is 3.27. The van der Waals surface area contributed by atoms with Crippen LogP contribution in [0.3, 0.4) is 0 Å². The lowest BCUT2D eigenvalue weighted by Crippen LogP contribution is -2.34. The Kier molecular flexibility index (Phi) is 2.13. The van der Waals surface area contributed by atoms with Gasteiger partial charge < -0.3 is 5.32 Å². The van der Waals surface area contributed by atoms with Crippen LogP contribution < -0.4 is 5.32 Å². The van der Waals surface area contributed by atoms with Gasteiger partial charge >= 0.3 is 0 Å². The number of H-pyrrole nitrogens is 1. The third-order valence-corrected chi connectivity index (χ3v) is 2.61. The average molecular weight is 165 g/mol. The summed E-state index contributed by atoms with van der Waals surface area (Å²) in [7, 11) is 0. The molecule has 1 aromatic heterocycles. The molecule has 0 unspecified atom stereocenters. The number of aryl methyl sites for hydroxylation is 1. The zero-order chi connectivity index (χ0) is 8.39. The van der Waals surface area contributed by atoms with Gasteiger partial charge in [-0.2, -0.15) is 5.10 Å². The molecule has 0 atom stereocenters. The monoisotopic (exact) mass is 165 g/mol. The summed E-state index contributed by atoms with van der Waals surface area (Å²) in [5.41, 5.74) is 2.48. The fraction of sp³-hybridized carbons (Fsp3) is 0.667. The van der Waals surface area contributed by atoms with E-state index in [4.69, 9.17) is 0 Å². The van der Waals surface area contributed by atoms with E-state index in [0.29, 0.717) is 0 Å². The van der Waals surface area contributed by atoms with E-state index in [1.165, 1.54) is 30.5 Å². The van der Waals surface area contributed by atoms with Crippen molar-refractivity contribution in [1.82, 2.24) is 15.5 Å². The van der Waals surface area contributed by atoms with Gasteiger partial charge in [-0.25, -0.2) is 0 Å². The van der Waals surface area contributed by atoms with Crippen molar-refractivity contribution in [3.05, 3.63) is 17.5 Å². The van der Waals surface area contributed by atoms with Crippen molar-refractivity contribution in [3.63, 3.8) is 0 Å². The lowest BCUT2D eigenvalue weighted by molar-refractivity contribution is 0.336. The SMILES string of the molecule is Cc1cn[nH]c1CNC1CCC1. The smallest absolute Gasteiger partial charge is 0.0519 e. The second-order valence-electron chi connectivity index (χ2n) is 3.54. The normalized spacial score (nSPS) is 17.8. The molecule has 0 spiro atoms. The second-order valence-corrected chi connectivity index (χ2v) is 3.54. The number of rotatable bonds is 3. The molecule has 1 saturated carbocycles. The van der Waals surface area contributed by atoms with E-state index in [-0.39, 0.29) is 0 Å². The number of nitrogens with one attached hydrogen (secondary N) is 2. The molecule has 0 bridgehead atoms. The summed E-state index contributed by atoms with van der Waals surface area (Å²) in [6, 6.07) is 0.757. The Morgan fingerprint density at radius 2 is 2.50 bits per heavy atom. The van der Waals surface area contributed by atoms with Gasteiger partial charge in [0.15, 0.2) is 0 Å².